The molecule has 0 spiro atoms. The summed E-state index contributed by atoms with van der Waals surface area (Å²) < 4.78 is 2.88. The predicted octanol–water partition coefficient (Wildman–Crippen LogP) is 3.07. The lowest BCUT2D eigenvalue weighted by Gasteiger charge is -2.23. The summed E-state index contributed by atoms with van der Waals surface area (Å²) in [4.78, 5) is 4.52. The Morgan fingerprint density at radius 3 is 2.93 bits per heavy atom. The lowest BCUT2D eigenvalue weighted by Crippen LogP contribution is -2.12. The van der Waals surface area contributed by atoms with Crippen LogP contribution in [0.15, 0.2) is 22.9 Å². The van der Waals surface area contributed by atoms with Crippen molar-refractivity contribution in [1.29, 1.82) is 0 Å². The Hall–Kier alpha value is -1.03. The molecule has 0 bridgehead atoms. The highest BCUT2D eigenvalue weighted by atomic mass is 79.9. The van der Waals surface area contributed by atoms with E-state index >= 15 is 0 Å². The van der Waals surface area contributed by atoms with Gasteiger partial charge in [0.05, 0.1) is 5.52 Å². The Balaban J connectivity index is 2.22. The third-order valence-electron chi connectivity index (χ3n) is 3.08. The number of fused-ring (bicyclic) bond motifs is 1. The number of aromatic hydroxyl groups is 1. The van der Waals surface area contributed by atoms with Crippen LogP contribution in [0.1, 0.15) is 31.0 Å². The summed E-state index contributed by atoms with van der Waals surface area (Å²) in [5.41, 5.74) is 0.942. The molecule has 1 aliphatic carbocycles. The monoisotopic (exact) mass is 266 g/mol. The van der Waals surface area contributed by atoms with Crippen LogP contribution in [-0.2, 0) is 0 Å². The first-order chi connectivity index (χ1) is 7.25. The molecule has 4 heteroatoms. The number of hydrogen-bond acceptors (Lipinski definition) is 2. The van der Waals surface area contributed by atoms with Gasteiger partial charge in [0.25, 0.3) is 0 Å². The summed E-state index contributed by atoms with van der Waals surface area (Å²) in [6.07, 6.45) is 5.64. The first-order valence-corrected chi connectivity index (χ1v) is 5.91. The third-order valence-corrected chi connectivity index (χ3v) is 3.66. The molecule has 0 atom stereocenters. The van der Waals surface area contributed by atoms with Gasteiger partial charge in [0.15, 0.2) is 0 Å². The summed E-state index contributed by atoms with van der Waals surface area (Å²) in [7, 11) is 0. The van der Waals surface area contributed by atoms with Crippen LogP contribution in [0.2, 0.25) is 0 Å². The van der Waals surface area contributed by atoms with E-state index in [-0.39, 0.29) is 5.75 Å². The van der Waals surface area contributed by atoms with Crippen LogP contribution >= 0.6 is 15.9 Å². The third kappa shape index (κ3) is 1.35. The molecular formula is C11H11BrN2O. The highest BCUT2D eigenvalue weighted by Gasteiger charge is 2.24. The van der Waals surface area contributed by atoms with Crippen LogP contribution in [-0.4, -0.2) is 14.5 Å². The minimum absolute atomic E-state index is 0.281. The van der Waals surface area contributed by atoms with Crippen LogP contribution in [0.25, 0.3) is 5.52 Å². The maximum atomic E-state index is 9.41. The molecule has 0 amide bonds. The van der Waals surface area contributed by atoms with Crippen molar-refractivity contribution in [2.75, 3.05) is 0 Å². The van der Waals surface area contributed by atoms with Gasteiger partial charge >= 0.3 is 0 Å². The molecule has 15 heavy (non-hydrogen) atoms. The van der Waals surface area contributed by atoms with Crippen molar-refractivity contribution in [3.05, 3.63) is 28.8 Å². The summed E-state index contributed by atoms with van der Waals surface area (Å²) in [5, 5.41) is 9.41. The first kappa shape index (κ1) is 9.21. The second kappa shape index (κ2) is 3.23. The topological polar surface area (TPSA) is 37.5 Å². The molecule has 2 aromatic rings. The molecule has 78 valence electrons. The average molecular weight is 267 g/mol. The minimum atomic E-state index is 0.281. The molecule has 0 unspecified atom stereocenters. The molecule has 1 saturated carbocycles. The molecule has 0 radical (unpaired) electrons. The number of hydrogen-bond donors (Lipinski definition) is 1. The molecule has 1 N–H and O–H groups in total. The second-order valence-corrected chi connectivity index (χ2v) is 4.78. The molecular weight excluding hydrogens is 256 g/mol. The van der Waals surface area contributed by atoms with Crippen molar-refractivity contribution in [3.8, 4) is 5.75 Å². The van der Waals surface area contributed by atoms with Gasteiger partial charge < -0.3 is 9.51 Å². The lowest BCUT2D eigenvalue weighted by atomic mass is 9.85. The number of halogens is 1. The molecule has 3 nitrogen and oxygen atoms in total. The van der Waals surface area contributed by atoms with E-state index in [2.05, 4.69) is 25.3 Å². The van der Waals surface area contributed by atoms with Crippen molar-refractivity contribution in [3.63, 3.8) is 0 Å². The van der Waals surface area contributed by atoms with Gasteiger partial charge in [0.2, 0.25) is 0 Å². The zero-order valence-electron chi connectivity index (χ0n) is 8.15. The van der Waals surface area contributed by atoms with Crippen molar-refractivity contribution in [1.82, 2.24) is 9.38 Å². The zero-order valence-corrected chi connectivity index (χ0v) is 9.74. The van der Waals surface area contributed by atoms with E-state index in [0.717, 1.165) is 15.9 Å². The fraction of sp³-hybridized carbons (Fsp3) is 0.364. The van der Waals surface area contributed by atoms with Crippen LogP contribution in [0.3, 0.4) is 0 Å². The van der Waals surface area contributed by atoms with E-state index in [9.17, 15) is 5.11 Å². The van der Waals surface area contributed by atoms with Gasteiger partial charge in [-0.15, -0.1) is 0 Å². The molecule has 0 saturated heterocycles. The summed E-state index contributed by atoms with van der Waals surface area (Å²) >= 11 is 3.43. The highest BCUT2D eigenvalue weighted by molar-refractivity contribution is 9.10. The van der Waals surface area contributed by atoms with Crippen LogP contribution in [0, 0.1) is 0 Å². The molecule has 2 aromatic heterocycles. The fourth-order valence-corrected chi connectivity index (χ4v) is 2.50. The zero-order chi connectivity index (χ0) is 10.4. The van der Waals surface area contributed by atoms with E-state index in [1.54, 1.807) is 12.1 Å². The van der Waals surface area contributed by atoms with Gasteiger partial charge in [0.1, 0.15) is 16.2 Å². The van der Waals surface area contributed by atoms with E-state index in [1.807, 2.05) is 6.20 Å². The molecule has 0 aromatic carbocycles. The van der Waals surface area contributed by atoms with E-state index in [4.69, 9.17) is 0 Å². The average Bonchev–Trinajstić information content (AvgIpc) is 2.41. The standard InChI is InChI=1S/C11H11BrN2O/c12-10-9-6-8(15)4-5-14(9)11(13-10)7-2-1-3-7/h4-7,15H,1-3H2. The van der Waals surface area contributed by atoms with Gasteiger partial charge in [-0.05, 0) is 34.8 Å². The summed E-state index contributed by atoms with van der Waals surface area (Å²) in [6, 6.07) is 3.43. The number of pyridine rings is 1. The molecule has 2 heterocycles. The largest absolute Gasteiger partial charge is 0.508 e. The van der Waals surface area contributed by atoms with Crippen molar-refractivity contribution in [2.45, 2.75) is 25.2 Å². The fourth-order valence-electron chi connectivity index (χ4n) is 2.01. The molecule has 3 rings (SSSR count). The molecule has 1 fully saturated rings. The smallest absolute Gasteiger partial charge is 0.132 e. The molecule has 1 aliphatic rings. The lowest BCUT2D eigenvalue weighted by molar-refractivity contribution is 0.400. The van der Waals surface area contributed by atoms with Crippen LogP contribution in [0.4, 0.5) is 0 Å². The number of rotatable bonds is 1. The quantitative estimate of drug-likeness (QED) is 0.862. The number of aromatic nitrogens is 2. The van der Waals surface area contributed by atoms with E-state index in [1.165, 1.54) is 19.3 Å². The van der Waals surface area contributed by atoms with Gasteiger partial charge in [-0.3, -0.25) is 0 Å². The Kier molecular flexibility index (Phi) is 1.99. The SMILES string of the molecule is Oc1ccn2c(C3CCC3)nc(Br)c2c1. The second-order valence-electron chi connectivity index (χ2n) is 4.03. The van der Waals surface area contributed by atoms with E-state index in [0.29, 0.717) is 5.92 Å². The minimum Gasteiger partial charge on any atom is -0.508 e. The van der Waals surface area contributed by atoms with Crippen LogP contribution < -0.4 is 0 Å². The summed E-state index contributed by atoms with van der Waals surface area (Å²) in [6.45, 7) is 0. The normalized spacial score (nSPS) is 16.9. The van der Waals surface area contributed by atoms with Gasteiger partial charge in [-0.2, -0.15) is 0 Å². The maximum Gasteiger partial charge on any atom is 0.132 e. The van der Waals surface area contributed by atoms with Gasteiger partial charge in [-0.25, -0.2) is 4.98 Å². The maximum absolute atomic E-state index is 9.41. The van der Waals surface area contributed by atoms with Gasteiger partial charge in [-0.1, -0.05) is 6.42 Å². The Morgan fingerprint density at radius 2 is 2.27 bits per heavy atom. The number of nitrogens with zero attached hydrogens (tertiary/aromatic N) is 2. The predicted molar refractivity (Wildman–Crippen MR) is 61.1 cm³/mol. The highest BCUT2D eigenvalue weighted by Crippen LogP contribution is 2.37. The van der Waals surface area contributed by atoms with E-state index < -0.39 is 0 Å². The van der Waals surface area contributed by atoms with Crippen molar-refractivity contribution < 1.29 is 5.11 Å². The summed E-state index contributed by atoms with van der Waals surface area (Å²) in [5.74, 6) is 1.99. The van der Waals surface area contributed by atoms with Crippen molar-refractivity contribution >= 4 is 21.4 Å². The number of imidazole rings is 1. The Bertz CT molecular complexity index is 517. The van der Waals surface area contributed by atoms with Gasteiger partial charge in [0, 0.05) is 18.2 Å². The Labute approximate surface area is 95.9 Å². The molecule has 0 aliphatic heterocycles. The van der Waals surface area contributed by atoms with Crippen LogP contribution in [0.5, 0.6) is 5.75 Å². The Morgan fingerprint density at radius 1 is 1.47 bits per heavy atom. The van der Waals surface area contributed by atoms with Crippen molar-refractivity contribution in [2.24, 2.45) is 0 Å². The first-order valence-electron chi connectivity index (χ1n) is 5.12.